The molecule has 0 aliphatic heterocycles. The molecule has 0 saturated heterocycles. The molecular formula is C16H15N3OS. The molecule has 0 unspecified atom stereocenters. The summed E-state index contributed by atoms with van der Waals surface area (Å²) in [7, 11) is 0. The summed E-state index contributed by atoms with van der Waals surface area (Å²) in [5.41, 5.74) is 4.05. The van der Waals surface area contributed by atoms with E-state index in [4.69, 9.17) is 0 Å². The van der Waals surface area contributed by atoms with Gasteiger partial charge in [-0.25, -0.2) is 4.98 Å². The zero-order valence-electron chi connectivity index (χ0n) is 11.6. The van der Waals surface area contributed by atoms with Gasteiger partial charge in [-0.1, -0.05) is 12.1 Å². The molecule has 2 aromatic heterocycles. The topological polar surface area (TPSA) is 58.0 Å². The van der Waals surface area contributed by atoms with Crippen LogP contribution in [0.1, 0.15) is 10.7 Å². The molecule has 0 bridgehead atoms. The summed E-state index contributed by atoms with van der Waals surface area (Å²) < 4.78 is 0. The highest BCUT2D eigenvalue weighted by Gasteiger charge is 2.02. The lowest BCUT2D eigenvalue weighted by Gasteiger charge is -2.06. The second-order valence-corrected chi connectivity index (χ2v) is 5.75. The first-order chi connectivity index (χ1) is 10.2. The first kappa shape index (κ1) is 13.6. The van der Waals surface area contributed by atoms with Gasteiger partial charge < -0.3 is 10.4 Å². The van der Waals surface area contributed by atoms with Crippen LogP contribution in [0.25, 0.3) is 11.3 Å². The Morgan fingerprint density at radius 3 is 2.57 bits per heavy atom. The Labute approximate surface area is 127 Å². The maximum absolute atomic E-state index is 9.19. The third kappa shape index (κ3) is 3.38. The fourth-order valence-electron chi connectivity index (χ4n) is 1.97. The lowest BCUT2D eigenvalue weighted by atomic mass is 10.1. The molecule has 4 nitrogen and oxygen atoms in total. The standard InChI is InChI=1S/C16H15N3OS/c1-11-19-16(10-21-11)12-2-4-13(5-3-12)17-8-14-6-7-15(20)9-18-14/h2-7,9-10,17,20H,8H2,1H3. The summed E-state index contributed by atoms with van der Waals surface area (Å²) >= 11 is 1.66. The molecule has 3 aromatic rings. The summed E-state index contributed by atoms with van der Waals surface area (Å²) in [4.78, 5) is 8.62. The van der Waals surface area contributed by atoms with E-state index in [-0.39, 0.29) is 5.75 Å². The lowest BCUT2D eigenvalue weighted by Crippen LogP contribution is -2.00. The van der Waals surface area contributed by atoms with Crippen molar-refractivity contribution >= 4 is 17.0 Å². The molecule has 1 aromatic carbocycles. The molecule has 3 rings (SSSR count). The van der Waals surface area contributed by atoms with Gasteiger partial charge in [-0.2, -0.15) is 0 Å². The molecule has 0 amide bonds. The number of anilines is 1. The van der Waals surface area contributed by atoms with E-state index in [0.717, 1.165) is 27.6 Å². The molecule has 0 aliphatic rings. The van der Waals surface area contributed by atoms with Crippen LogP contribution in [0.3, 0.4) is 0 Å². The quantitative estimate of drug-likeness (QED) is 0.768. The molecule has 5 heteroatoms. The molecule has 0 aliphatic carbocycles. The number of nitrogens with one attached hydrogen (secondary N) is 1. The Hall–Kier alpha value is -2.40. The number of thiazole rings is 1. The van der Waals surface area contributed by atoms with E-state index in [0.29, 0.717) is 6.54 Å². The van der Waals surface area contributed by atoms with E-state index in [1.54, 1.807) is 23.5 Å². The predicted octanol–water partition coefficient (Wildman–Crippen LogP) is 3.83. The summed E-state index contributed by atoms with van der Waals surface area (Å²) in [6.45, 7) is 2.63. The Morgan fingerprint density at radius 2 is 1.95 bits per heavy atom. The van der Waals surface area contributed by atoms with E-state index in [9.17, 15) is 5.11 Å². The Bertz CT molecular complexity index is 720. The number of benzene rings is 1. The number of aromatic hydroxyl groups is 1. The van der Waals surface area contributed by atoms with Crippen molar-refractivity contribution in [2.24, 2.45) is 0 Å². The first-order valence-corrected chi connectivity index (χ1v) is 7.49. The van der Waals surface area contributed by atoms with Crippen molar-refractivity contribution in [2.75, 3.05) is 5.32 Å². The average molecular weight is 297 g/mol. The number of aromatic nitrogens is 2. The number of aryl methyl sites for hydroxylation is 1. The zero-order valence-corrected chi connectivity index (χ0v) is 12.4. The van der Waals surface area contributed by atoms with Crippen molar-refractivity contribution in [3.63, 3.8) is 0 Å². The van der Waals surface area contributed by atoms with Gasteiger partial charge in [-0.05, 0) is 31.2 Å². The fourth-order valence-corrected chi connectivity index (χ4v) is 2.59. The van der Waals surface area contributed by atoms with Crippen LogP contribution in [-0.2, 0) is 6.54 Å². The first-order valence-electron chi connectivity index (χ1n) is 6.61. The van der Waals surface area contributed by atoms with E-state index in [1.807, 2.05) is 19.1 Å². The molecule has 0 radical (unpaired) electrons. The summed E-state index contributed by atoms with van der Waals surface area (Å²) in [5, 5.41) is 15.6. The number of rotatable bonds is 4. The van der Waals surface area contributed by atoms with E-state index >= 15 is 0 Å². The number of hydrogen-bond acceptors (Lipinski definition) is 5. The molecular weight excluding hydrogens is 282 g/mol. The normalized spacial score (nSPS) is 10.5. The third-order valence-electron chi connectivity index (χ3n) is 3.08. The summed E-state index contributed by atoms with van der Waals surface area (Å²) in [6.07, 6.45) is 1.45. The molecule has 0 saturated carbocycles. The van der Waals surface area contributed by atoms with Gasteiger partial charge in [0.2, 0.25) is 0 Å². The smallest absolute Gasteiger partial charge is 0.133 e. The molecule has 21 heavy (non-hydrogen) atoms. The average Bonchev–Trinajstić information content (AvgIpc) is 2.94. The van der Waals surface area contributed by atoms with Crippen LogP contribution in [0.4, 0.5) is 5.69 Å². The zero-order chi connectivity index (χ0) is 14.7. The summed E-state index contributed by atoms with van der Waals surface area (Å²) in [5.74, 6) is 0.182. The van der Waals surface area contributed by atoms with Crippen molar-refractivity contribution in [1.82, 2.24) is 9.97 Å². The molecule has 0 fully saturated rings. The third-order valence-corrected chi connectivity index (χ3v) is 3.86. The van der Waals surface area contributed by atoms with Crippen LogP contribution < -0.4 is 5.32 Å². The monoisotopic (exact) mass is 297 g/mol. The van der Waals surface area contributed by atoms with Crippen LogP contribution in [-0.4, -0.2) is 15.1 Å². The van der Waals surface area contributed by atoms with Crippen molar-refractivity contribution in [1.29, 1.82) is 0 Å². The van der Waals surface area contributed by atoms with Crippen LogP contribution in [0.5, 0.6) is 5.75 Å². The number of nitrogens with zero attached hydrogens (tertiary/aromatic N) is 2. The maximum Gasteiger partial charge on any atom is 0.133 e. The van der Waals surface area contributed by atoms with Crippen LogP contribution in [0, 0.1) is 6.92 Å². The Kier molecular flexibility index (Phi) is 3.83. The minimum Gasteiger partial charge on any atom is -0.506 e. The second kappa shape index (κ2) is 5.93. The highest BCUT2D eigenvalue weighted by atomic mass is 32.1. The van der Waals surface area contributed by atoms with Crippen molar-refractivity contribution in [2.45, 2.75) is 13.5 Å². The lowest BCUT2D eigenvalue weighted by molar-refractivity contribution is 0.472. The van der Waals surface area contributed by atoms with Gasteiger partial charge in [0, 0.05) is 16.6 Å². The molecule has 0 spiro atoms. The van der Waals surface area contributed by atoms with E-state index < -0.39 is 0 Å². The summed E-state index contributed by atoms with van der Waals surface area (Å²) in [6, 6.07) is 11.6. The predicted molar refractivity (Wildman–Crippen MR) is 85.5 cm³/mol. The number of hydrogen-bond donors (Lipinski definition) is 2. The molecule has 0 atom stereocenters. The van der Waals surface area contributed by atoms with Crippen LogP contribution in [0.2, 0.25) is 0 Å². The van der Waals surface area contributed by atoms with Gasteiger partial charge in [-0.3, -0.25) is 4.98 Å². The highest BCUT2D eigenvalue weighted by molar-refractivity contribution is 7.09. The van der Waals surface area contributed by atoms with Crippen molar-refractivity contribution < 1.29 is 5.11 Å². The van der Waals surface area contributed by atoms with Gasteiger partial charge >= 0.3 is 0 Å². The molecule has 2 N–H and O–H groups in total. The highest BCUT2D eigenvalue weighted by Crippen LogP contribution is 2.23. The van der Waals surface area contributed by atoms with Crippen LogP contribution >= 0.6 is 11.3 Å². The van der Waals surface area contributed by atoms with Crippen molar-refractivity contribution in [3.8, 4) is 17.0 Å². The minimum atomic E-state index is 0.182. The van der Waals surface area contributed by atoms with Crippen molar-refractivity contribution in [3.05, 3.63) is 58.7 Å². The van der Waals surface area contributed by atoms with Gasteiger partial charge in [0.25, 0.3) is 0 Å². The van der Waals surface area contributed by atoms with Crippen LogP contribution in [0.15, 0.2) is 48.0 Å². The molecule has 2 heterocycles. The van der Waals surface area contributed by atoms with E-state index in [2.05, 4.69) is 32.8 Å². The van der Waals surface area contributed by atoms with Gasteiger partial charge in [-0.15, -0.1) is 11.3 Å². The van der Waals surface area contributed by atoms with E-state index in [1.165, 1.54) is 6.20 Å². The Morgan fingerprint density at radius 1 is 1.14 bits per heavy atom. The number of pyridine rings is 1. The minimum absolute atomic E-state index is 0.182. The van der Waals surface area contributed by atoms with Gasteiger partial charge in [0.1, 0.15) is 5.75 Å². The maximum atomic E-state index is 9.19. The fraction of sp³-hybridized carbons (Fsp3) is 0.125. The van der Waals surface area contributed by atoms with Gasteiger partial charge in [0.15, 0.2) is 0 Å². The van der Waals surface area contributed by atoms with Gasteiger partial charge in [0.05, 0.1) is 29.1 Å². The Balaban J connectivity index is 1.65. The SMILES string of the molecule is Cc1nc(-c2ccc(NCc3ccc(O)cn3)cc2)cs1. The molecule has 106 valence electrons. The largest absolute Gasteiger partial charge is 0.506 e. The second-order valence-electron chi connectivity index (χ2n) is 4.69.